The Bertz CT molecular complexity index is 889. The van der Waals surface area contributed by atoms with E-state index in [9.17, 15) is 18.0 Å². The molecule has 1 aromatic carbocycles. The van der Waals surface area contributed by atoms with Crippen LogP contribution in [0.5, 0.6) is 0 Å². The van der Waals surface area contributed by atoms with E-state index in [4.69, 9.17) is 4.52 Å². The van der Waals surface area contributed by atoms with Crippen LogP contribution >= 0.6 is 11.3 Å². The zero-order valence-corrected chi connectivity index (χ0v) is 15.2. The average Bonchev–Trinajstić information content (AvgIpc) is 3.30. The third-order valence-electron chi connectivity index (χ3n) is 3.93. The normalized spacial score (nSPS) is 11.6. The Hall–Kier alpha value is -2.68. The predicted molar refractivity (Wildman–Crippen MR) is 93.9 cm³/mol. The number of amides is 1. The van der Waals surface area contributed by atoms with E-state index >= 15 is 0 Å². The monoisotopic (exact) mass is 395 g/mol. The van der Waals surface area contributed by atoms with E-state index in [2.05, 4.69) is 10.1 Å². The van der Waals surface area contributed by atoms with Crippen LogP contribution in [0.4, 0.5) is 13.2 Å². The van der Waals surface area contributed by atoms with Gasteiger partial charge in [0, 0.05) is 37.4 Å². The van der Waals surface area contributed by atoms with Crippen LogP contribution in [0.25, 0.3) is 11.4 Å². The van der Waals surface area contributed by atoms with Crippen molar-refractivity contribution in [3.05, 3.63) is 58.1 Å². The van der Waals surface area contributed by atoms with Crippen LogP contribution in [0, 0.1) is 0 Å². The fourth-order valence-corrected chi connectivity index (χ4v) is 3.07. The smallest absolute Gasteiger partial charge is 0.341 e. The molecule has 0 aliphatic rings. The number of thiophene rings is 1. The maximum atomic E-state index is 12.6. The van der Waals surface area contributed by atoms with Gasteiger partial charge in [-0.15, -0.1) is 0 Å². The van der Waals surface area contributed by atoms with Gasteiger partial charge in [0.15, 0.2) is 0 Å². The summed E-state index contributed by atoms with van der Waals surface area (Å²) in [7, 11) is 1.60. The number of hydrogen-bond donors (Lipinski definition) is 0. The molecule has 2 aromatic heterocycles. The summed E-state index contributed by atoms with van der Waals surface area (Å²) in [5, 5.41) is 7.69. The van der Waals surface area contributed by atoms with E-state index in [1.54, 1.807) is 7.05 Å². The van der Waals surface area contributed by atoms with Gasteiger partial charge in [-0.2, -0.15) is 29.5 Å². The highest BCUT2D eigenvalue weighted by atomic mass is 32.1. The fourth-order valence-electron chi connectivity index (χ4n) is 2.43. The average molecular weight is 395 g/mol. The van der Waals surface area contributed by atoms with Gasteiger partial charge in [-0.05, 0) is 29.1 Å². The first kappa shape index (κ1) is 19.1. The minimum Gasteiger partial charge on any atom is -0.341 e. The van der Waals surface area contributed by atoms with E-state index in [1.807, 2.05) is 16.8 Å². The molecule has 0 saturated carbocycles. The first-order valence-corrected chi connectivity index (χ1v) is 9.02. The minimum atomic E-state index is -4.37. The molecule has 3 rings (SSSR count). The second-order valence-electron chi connectivity index (χ2n) is 5.97. The van der Waals surface area contributed by atoms with Gasteiger partial charge in [0.25, 0.3) is 0 Å². The molecule has 0 fully saturated rings. The molecule has 0 bridgehead atoms. The van der Waals surface area contributed by atoms with Crippen LogP contribution in [-0.2, 0) is 23.9 Å². The predicted octanol–water partition coefficient (Wildman–Crippen LogP) is 4.41. The van der Waals surface area contributed by atoms with Gasteiger partial charge in [-0.3, -0.25) is 4.79 Å². The van der Waals surface area contributed by atoms with Crippen LogP contribution in [0.2, 0.25) is 0 Å². The number of hydrogen-bond acceptors (Lipinski definition) is 5. The number of aryl methyl sites for hydroxylation is 1. The minimum absolute atomic E-state index is 0.162. The number of aromatic nitrogens is 2. The summed E-state index contributed by atoms with van der Waals surface area (Å²) in [4.78, 5) is 17.9. The molecular formula is C18H16F3N3O2S. The highest BCUT2D eigenvalue weighted by Crippen LogP contribution is 2.29. The van der Waals surface area contributed by atoms with Crippen LogP contribution in [0.1, 0.15) is 23.4 Å². The fraction of sp³-hybridized carbons (Fsp3) is 0.278. The van der Waals surface area contributed by atoms with Crippen molar-refractivity contribution in [1.82, 2.24) is 15.0 Å². The Kier molecular flexibility index (Phi) is 5.59. The molecule has 0 spiro atoms. The number of carbonyl (C=O) groups is 1. The van der Waals surface area contributed by atoms with E-state index in [-0.39, 0.29) is 18.9 Å². The molecule has 0 unspecified atom stereocenters. The van der Waals surface area contributed by atoms with Crippen LogP contribution in [0.3, 0.4) is 0 Å². The largest absolute Gasteiger partial charge is 0.416 e. The van der Waals surface area contributed by atoms with Crippen molar-refractivity contribution in [3.8, 4) is 11.4 Å². The first-order valence-electron chi connectivity index (χ1n) is 8.08. The second-order valence-corrected chi connectivity index (χ2v) is 6.75. The maximum Gasteiger partial charge on any atom is 0.416 e. The lowest BCUT2D eigenvalue weighted by Crippen LogP contribution is -2.26. The molecule has 3 aromatic rings. The number of carbonyl (C=O) groups excluding carboxylic acids is 1. The third kappa shape index (κ3) is 4.94. The van der Waals surface area contributed by atoms with Gasteiger partial charge in [-0.1, -0.05) is 17.3 Å². The van der Waals surface area contributed by atoms with Crippen molar-refractivity contribution in [2.24, 2.45) is 0 Å². The quantitative estimate of drug-likeness (QED) is 0.620. The van der Waals surface area contributed by atoms with Gasteiger partial charge in [-0.25, -0.2) is 0 Å². The lowest BCUT2D eigenvalue weighted by atomic mass is 10.1. The topological polar surface area (TPSA) is 59.2 Å². The van der Waals surface area contributed by atoms with Gasteiger partial charge < -0.3 is 9.42 Å². The SMILES string of the molecule is CN(Cc1ccc(C(F)(F)F)cc1)C(=O)CCc1nc(-c2ccsc2)no1. The zero-order chi connectivity index (χ0) is 19.4. The first-order chi connectivity index (χ1) is 12.8. The molecule has 2 heterocycles. The van der Waals surface area contributed by atoms with Crippen LogP contribution in [0.15, 0.2) is 45.6 Å². The van der Waals surface area contributed by atoms with Gasteiger partial charge in [0.2, 0.25) is 17.6 Å². The summed E-state index contributed by atoms with van der Waals surface area (Å²) in [5.41, 5.74) is 0.773. The van der Waals surface area contributed by atoms with Crippen molar-refractivity contribution >= 4 is 17.2 Å². The summed E-state index contributed by atoms with van der Waals surface area (Å²) in [6, 6.07) is 6.65. The number of benzene rings is 1. The highest BCUT2D eigenvalue weighted by molar-refractivity contribution is 7.08. The second kappa shape index (κ2) is 7.91. The highest BCUT2D eigenvalue weighted by Gasteiger charge is 2.30. The molecule has 142 valence electrons. The summed E-state index contributed by atoms with van der Waals surface area (Å²) < 4.78 is 42.9. The van der Waals surface area contributed by atoms with E-state index < -0.39 is 11.7 Å². The van der Waals surface area contributed by atoms with Crippen molar-refractivity contribution in [2.75, 3.05) is 7.05 Å². The molecule has 0 saturated heterocycles. The molecule has 0 atom stereocenters. The Morgan fingerprint density at radius 1 is 1.22 bits per heavy atom. The molecule has 9 heteroatoms. The van der Waals surface area contributed by atoms with Crippen LogP contribution in [-0.4, -0.2) is 28.0 Å². The van der Waals surface area contributed by atoms with Gasteiger partial charge in [0.05, 0.1) is 5.56 Å². The number of rotatable bonds is 6. The molecular weight excluding hydrogens is 379 g/mol. The lowest BCUT2D eigenvalue weighted by molar-refractivity contribution is -0.137. The number of nitrogens with zero attached hydrogens (tertiary/aromatic N) is 3. The third-order valence-corrected chi connectivity index (χ3v) is 4.61. The summed E-state index contributed by atoms with van der Waals surface area (Å²) in [6.45, 7) is 0.223. The molecule has 0 N–H and O–H groups in total. The van der Waals surface area contributed by atoms with Crippen LogP contribution < -0.4 is 0 Å². The lowest BCUT2D eigenvalue weighted by Gasteiger charge is -2.17. The van der Waals surface area contributed by atoms with Gasteiger partial charge >= 0.3 is 6.18 Å². The van der Waals surface area contributed by atoms with Crippen molar-refractivity contribution in [1.29, 1.82) is 0 Å². The Balaban J connectivity index is 1.52. The van der Waals surface area contributed by atoms with Crippen molar-refractivity contribution < 1.29 is 22.5 Å². The molecule has 27 heavy (non-hydrogen) atoms. The molecule has 5 nitrogen and oxygen atoms in total. The molecule has 0 aliphatic carbocycles. The number of alkyl halides is 3. The van der Waals surface area contributed by atoms with E-state index in [1.165, 1.54) is 28.4 Å². The Morgan fingerprint density at radius 3 is 2.59 bits per heavy atom. The Labute approximate surface area is 157 Å². The molecule has 1 amide bonds. The molecule has 0 radical (unpaired) electrons. The molecule has 0 aliphatic heterocycles. The standard InChI is InChI=1S/C18H16F3N3O2S/c1-24(10-12-2-4-14(5-3-12)18(19,20)21)16(25)7-6-15-22-17(23-26-15)13-8-9-27-11-13/h2-5,8-9,11H,6-7,10H2,1H3. The van der Waals surface area contributed by atoms with Crippen molar-refractivity contribution in [3.63, 3.8) is 0 Å². The van der Waals surface area contributed by atoms with Gasteiger partial charge in [0.1, 0.15) is 0 Å². The number of halogens is 3. The zero-order valence-electron chi connectivity index (χ0n) is 14.4. The van der Waals surface area contributed by atoms with E-state index in [0.29, 0.717) is 23.7 Å². The summed E-state index contributed by atoms with van der Waals surface area (Å²) in [5.74, 6) is 0.689. The summed E-state index contributed by atoms with van der Waals surface area (Å²) in [6.07, 6.45) is -3.90. The summed E-state index contributed by atoms with van der Waals surface area (Å²) >= 11 is 1.52. The van der Waals surface area contributed by atoms with E-state index in [0.717, 1.165) is 17.7 Å². The van der Waals surface area contributed by atoms with Crippen molar-refractivity contribution in [2.45, 2.75) is 25.6 Å². The Morgan fingerprint density at radius 2 is 1.96 bits per heavy atom. The maximum absolute atomic E-state index is 12.6.